The summed E-state index contributed by atoms with van der Waals surface area (Å²) in [6.07, 6.45) is 8.41. The SMILES string of the molecule is CC1(C)C=CC2=C(C=C1)C(=O)N(C1CCC3(COC3)NC1=O)C2=O. The van der Waals surface area contributed by atoms with E-state index < -0.39 is 6.04 Å². The van der Waals surface area contributed by atoms with Gasteiger partial charge in [-0.05, 0) is 12.8 Å². The number of hydrogen-bond acceptors (Lipinski definition) is 4. The molecule has 0 aromatic rings. The fourth-order valence-electron chi connectivity index (χ4n) is 3.60. The molecular weight excluding hydrogens is 308 g/mol. The van der Waals surface area contributed by atoms with Gasteiger partial charge in [-0.3, -0.25) is 19.3 Å². The molecule has 1 aliphatic carbocycles. The molecule has 3 heterocycles. The Morgan fingerprint density at radius 1 is 1.08 bits per heavy atom. The van der Waals surface area contributed by atoms with Crippen LogP contribution in [0, 0.1) is 5.41 Å². The minimum atomic E-state index is -0.738. The summed E-state index contributed by atoms with van der Waals surface area (Å²) in [6.45, 7) is 5.01. The van der Waals surface area contributed by atoms with Gasteiger partial charge in [0.15, 0.2) is 0 Å². The van der Waals surface area contributed by atoms with Crippen molar-refractivity contribution < 1.29 is 19.1 Å². The van der Waals surface area contributed by atoms with E-state index in [-0.39, 0.29) is 28.7 Å². The number of carbonyl (C=O) groups excluding carboxylic acids is 3. The minimum absolute atomic E-state index is 0.214. The summed E-state index contributed by atoms with van der Waals surface area (Å²) in [5.41, 5.74) is 0.242. The molecule has 1 spiro atoms. The summed E-state index contributed by atoms with van der Waals surface area (Å²) in [4.78, 5) is 39.1. The number of piperidine rings is 1. The fourth-order valence-corrected chi connectivity index (χ4v) is 3.60. The number of amides is 3. The molecule has 1 atom stereocenters. The second-order valence-electron chi connectivity index (χ2n) is 7.61. The summed E-state index contributed by atoms with van der Waals surface area (Å²) < 4.78 is 5.19. The monoisotopic (exact) mass is 328 g/mol. The first-order chi connectivity index (χ1) is 11.3. The van der Waals surface area contributed by atoms with Gasteiger partial charge >= 0.3 is 0 Å². The first kappa shape index (κ1) is 15.3. The van der Waals surface area contributed by atoms with E-state index in [0.717, 1.165) is 4.90 Å². The van der Waals surface area contributed by atoms with Crippen LogP contribution in [-0.2, 0) is 19.1 Å². The van der Waals surface area contributed by atoms with E-state index >= 15 is 0 Å². The highest BCUT2D eigenvalue weighted by atomic mass is 16.5. The molecule has 126 valence electrons. The van der Waals surface area contributed by atoms with E-state index in [9.17, 15) is 14.4 Å². The molecular formula is C18H20N2O4. The number of imide groups is 1. The second kappa shape index (κ2) is 4.89. The zero-order valence-electron chi connectivity index (χ0n) is 13.8. The Bertz CT molecular complexity index is 702. The number of nitrogens with one attached hydrogen (secondary N) is 1. The molecule has 0 bridgehead atoms. The Hall–Kier alpha value is -2.21. The van der Waals surface area contributed by atoms with Gasteiger partial charge in [-0.2, -0.15) is 0 Å². The number of hydrogen-bond donors (Lipinski definition) is 1. The van der Waals surface area contributed by atoms with Crippen LogP contribution >= 0.6 is 0 Å². The lowest BCUT2D eigenvalue weighted by atomic mass is 9.84. The van der Waals surface area contributed by atoms with Crippen molar-refractivity contribution in [2.75, 3.05) is 13.2 Å². The van der Waals surface area contributed by atoms with Crippen LogP contribution in [0.1, 0.15) is 26.7 Å². The van der Waals surface area contributed by atoms with Gasteiger partial charge in [-0.15, -0.1) is 0 Å². The third-order valence-electron chi connectivity index (χ3n) is 5.20. The van der Waals surface area contributed by atoms with Crippen LogP contribution in [-0.4, -0.2) is 47.4 Å². The average Bonchev–Trinajstić information content (AvgIpc) is 2.62. The number of rotatable bonds is 1. The van der Waals surface area contributed by atoms with Crippen molar-refractivity contribution in [1.29, 1.82) is 0 Å². The largest absolute Gasteiger partial charge is 0.376 e. The minimum Gasteiger partial charge on any atom is -0.376 e. The topological polar surface area (TPSA) is 75.7 Å². The van der Waals surface area contributed by atoms with Crippen LogP contribution in [0.4, 0.5) is 0 Å². The maximum atomic E-state index is 12.8. The maximum Gasteiger partial charge on any atom is 0.262 e. The van der Waals surface area contributed by atoms with Crippen molar-refractivity contribution in [1.82, 2.24) is 10.2 Å². The highest BCUT2D eigenvalue weighted by Gasteiger charge is 2.50. The maximum absolute atomic E-state index is 12.8. The molecule has 24 heavy (non-hydrogen) atoms. The van der Waals surface area contributed by atoms with E-state index in [2.05, 4.69) is 5.32 Å². The van der Waals surface area contributed by atoms with Gasteiger partial charge in [0.1, 0.15) is 6.04 Å². The zero-order chi connectivity index (χ0) is 17.1. The van der Waals surface area contributed by atoms with Crippen molar-refractivity contribution in [3.05, 3.63) is 35.5 Å². The summed E-state index contributed by atoms with van der Waals surface area (Å²) in [5, 5.41) is 2.94. The Morgan fingerprint density at radius 3 is 2.12 bits per heavy atom. The molecule has 0 aromatic heterocycles. The van der Waals surface area contributed by atoms with E-state index in [0.29, 0.717) is 37.2 Å². The number of carbonyl (C=O) groups is 3. The average molecular weight is 328 g/mol. The highest BCUT2D eigenvalue weighted by Crippen LogP contribution is 2.35. The Kier molecular flexibility index (Phi) is 3.12. The van der Waals surface area contributed by atoms with Crippen molar-refractivity contribution in [3.63, 3.8) is 0 Å². The summed E-state index contributed by atoms with van der Waals surface area (Å²) in [6, 6.07) is -0.738. The van der Waals surface area contributed by atoms with Crippen LogP contribution in [0.25, 0.3) is 0 Å². The molecule has 1 unspecified atom stereocenters. The Labute approximate surface area is 140 Å². The number of ether oxygens (including phenoxy) is 1. The van der Waals surface area contributed by atoms with Gasteiger partial charge in [0.2, 0.25) is 5.91 Å². The molecule has 2 fully saturated rings. The molecule has 1 N–H and O–H groups in total. The van der Waals surface area contributed by atoms with Crippen molar-refractivity contribution in [2.45, 2.75) is 38.3 Å². The van der Waals surface area contributed by atoms with Crippen LogP contribution in [0.15, 0.2) is 35.5 Å². The lowest BCUT2D eigenvalue weighted by Crippen LogP contribution is -2.69. The van der Waals surface area contributed by atoms with Gasteiger partial charge in [0, 0.05) is 5.41 Å². The normalized spacial score (nSPS) is 30.3. The van der Waals surface area contributed by atoms with Crippen LogP contribution in [0.3, 0.4) is 0 Å². The van der Waals surface area contributed by atoms with E-state index in [1.807, 2.05) is 26.0 Å². The molecule has 2 saturated heterocycles. The number of nitrogens with zero attached hydrogens (tertiary/aromatic N) is 1. The van der Waals surface area contributed by atoms with Crippen molar-refractivity contribution in [2.24, 2.45) is 5.41 Å². The third kappa shape index (κ3) is 2.17. The van der Waals surface area contributed by atoms with Crippen molar-refractivity contribution in [3.8, 4) is 0 Å². The summed E-state index contributed by atoms with van der Waals surface area (Å²) in [7, 11) is 0. The van der Waals surface area contributed by atoms with Gasteiger partial charge in [0.25, 0.3) is 11.8 Å². The molecule has 4 rings (SSSR count). The van der Waals surface area contributed by atoms with Crippen molar-refractivity contribution >= 4 is 17.7 Å². The Morgan fingerprint density at radius 2 is 1.67 bits per heavy atom. The lowest BCUT2D eigenvalue weighted by molar-refractivity contribution is -0.156. The Balaban J connectivity index is 1.59. The second-order valence-corrected chi connectivity index (χ2v) is 7.61. The van der Waals surface area contributed by atoms with E-state index in [1.54, 1.807) is 12.2 Å². The van der Waals surface area contributed by atoms with Gasteiger partial charge < -0.3 is 10.1 Å². The fraction of sp³-hybridized carbons (Fsp3) is 0.500. The van der Waals surface area contributed by atoms with Crippen LogP contribution in [0.2, 0.25) is 0 Å². The quantitative estimate of drug-likeness (QED) is 0.724. The lowest BCUT2D eigenvalue weighted by Gasteiger charge is -2.47. The first-order valence-corrected chi connectivity index (χ1v) is 8.22. The van der Waals surface area contributed by atoms with Gasteiger partial charge in [-0.25, -0.2) is 0 Å². The molecule has 6 heteroatoms. The molecule has 6 nitrogen and oxygen atoms in total. The van der Waals surface area contributed by atoms with E-state index in [4.69, 9.17) is 4.74 Å². The summed E-state index contributed by atoms with van der Waals surface area (Å²) >= 11 is 0. The molecule has 3 amide bonds. The summed E-state index contributed by atoms with van der Waals surface area (Å²) in [5.74, 6) is -1.03. The molecule has 0 radical (unpaired) electrons. The third-order valence-corrected chi connectivity index (χ3v) is 5.20. The van der Waals surface area contributed by atoms with E-state index in [1.165, 1.54) is 0 Å². The molecule has 3 aliphatic heterocycles. The predicted octanol–water partition coefficient (Wildman–Crippen LogP) is 0.852. The van der Waals surface area contributed by atoms with Gasteiger partial charge in [0.05, 0.1) is 29.9 Å². The first-order valence-electron chi connectivity index (χ1n) is 8.22. The van der Waals surface area contributed by atoms with Crippen LogP contribution < -0.4 is 5.32 Å². The molecule has 4 aliphatic rings. The highest BCUT2D eigenvalue weighted by molar-refractivity contribution is 6.23. The smallest absolute Gasteiger partial charge is 0.262 e. The number of allylic oxidation sites excluding steroid dienone is 2. The predicted molar refractivity (Wildman–Crippen MR) is 85.7 cm³/mol. The standard InChI is InChI=1S/C18H20N2O4/c1-17(2)6-3-11-12(4-7-17)16(23)20(15(11)22)13-5-8-18(9-24-10-18)19-14(13)21/h3-4,6-7,13H,5,8-10H2,1-2H3,(H,19,21). The molecule has 0 saturated carbocycles. The van der Waals surface area contributed by atoms with Gasteiger partial charge in [-0.1, -0.05) is 38.2 Å². The molecule has 0 aromatic carbocycles. The zero-order valence-corrected chi connectivity index (χ0v) is 13.8. The van der Waals surface area contributed by atoms with Crippen LogP contribution in [0.5, 0.6) is 0 Å².